The molecule has 0 aromatic rings. The van der Waals surface area contributed by atoms with Crippen molar-refractivity contribution in [3.8, 4) is 0 Å². The highest BCUT2D eigenvalue weighted by Crippen LogP contribution is 2.02. The number of carbonyl (C=O) groups excluding carboxylic acids is 1. The lowest BCUT2D eigenvalue weighted by Gasteiger charge is -2.09. The van der Waals surface area contributed by atoms with Gasteiger partial charge in [0.2, 0.25) is 0 Å². The van der Waals surface area contributed by atoms with Gasteiger partial charge < -0.3 is 42.6 Å². The van der Waals surface area contributed by atoms with Crippen LogP contribution >= 0.6 is 0 Å². The Kier molecular flexibility index (Phi) is 34.4. The molecule has 0 bridgehead atoms. The molecule has 0 N–H and O–H groups in total. The van der Waals surface area contributed by atoms with Crippen molar-refractivity contribution < 1.29 is 47.4 Å². The zero-order valence-electron chi connectivity index (χ0n) is 25.0. The first-order chi connectivity index (χ1) is 19.3. The first kappa shape index (κ1) is 38.1. The van der Waals surface area contributed by atoms with E-state index in [4.69, 9.17) is 42.6 Å². The molecule has 0 fully saturated rings. The Labute approximate surface area is 237 Å². The summed E-state index contributed by atoms with van der Waals surface area (Å²) in [6, 6.07) is 0. The minimum atomic E-state index is -0.153. The first-order valence-corrected chi connectivity index (χ1v) is 15.1. The second kappa shape index (κ2) is 35.2. The number of esters is 1. The maximum absolute atomic E-state index is 11.4. The van der Waals surface area contributed by atoms with Gasteiger partial charge in [-0.05, 0) is 12.8 Å². The number of hydrogen-bond acceptors (Lipinski definition) is 10. The van der Waals surface area contributed by atoms with Gasteiger partial charge in [0.25, 0.3) is 0 Å². The van der Waals surface area contributed by atoms with Crippen molar-refractivity contribution in [1.29, 1.82) is 0 Å². The molecule has 0 saturated heterocycles. The smallest absolute Gasteiger partial charge is 0.305 e. The van der Waals surface area contributed by atoms with Gasteiger partial charge in [-0.25, -0.2) is 0 Å². The highest BCUT2D eigenvalue weighted by atomic mass is 16.6. The van der Waals surface area contributed by atoms with Gasteiger partial charge >= 0.3 is 5.97 Å². The molecule has 39 heavy (non-hydrogen) atoms. The predicted molar refractivity (Wildman–Crippen MR) is 150 cm³/mol. The van der Waals surface area contributed by atoms with E-state index < -0.39 is 0 Å². The van der Waals surface area contributed by atoms with Crippen LogP contribution in [-0.2, 0) is 47.4 Å². The Hall–Kier alpha value is -0.850. The Morgan fingerprint density at radius 2 is 0.667 bits per heavy atom. The van der Waals surface area contributed by atoms with Crippen molar-refractivity contribution in [2.24, 2.45) is 0 Å². The van der Waals surface area contributed by atoms with E-state index in [1.54, 1.807) is 0 Å². The fraction of sp³-hybridized carbons (Fsp3) is 0.966. The largest absolute Gasteiger partial charge is 0.463 e. The van der Waals surface area contributed by atoms with Crippen molar-refractivity contribution in [1.82, 2.24) is 0 Å². The van der Waals surface area contributed by atoms with Crippen LogP contribution in [0.2, 0.25) is 0 Å². The Morgan fingerprint density at radius 1 is 0.359 bits per heavy atom. The average molecular weight is 567 g/mol. The van der Waals surface area contributed by atoms with Gasteiger partial charge in [-0.3, -0.25) is 4.79 Å². The van der Waals surface area contributed by atoms with Gasteiger partial charge in [-0.15, -0.1) is 0 Å². The zero-order chi connectivity index (χ0) is 28.3. The molecule has 10 nitrogen and oxygen atoms in total. The standard InChI is InChI=1S/C29H58O10/c1-3-5-7-8-10-12-31-13-14-32-15-16-33-17-18-34-19-20-35-21-22-36-23-24-37-25-26-38-27-28-39-29(30)11-9-6-4-2/h3-28H2,1-2H3. The summed E-state index contributed by atoms with van der Waals surface area (Å²) in [5.41, 5.74) is 0. The minimum absolute atomic E-state index is 0.153. The molecule has 0 spiro atoms. The second-order valence-corrected chi connectivity index (χ2v) is 8.99. The highest BCUT2D eigenvalue weighted by molar-refractivity contribution is 5.69. The third-order valence-corrected chi connectivity index (χ3v) is 5.47. The van der Waals surface area contributed by atoms with Gasteiger partial charge in [0, 0.05) is 13.0 Å². The van der Waals surface area contributed by atoms with E-state index in [0.717, 1.165) is 32.3 Å². The van der Waals surface area contributed by atoms with Gasteiger partial charge in [-0.1, -0.05) is 52.4 Å². The van der Waals surface area contributed by atoms with Crippen LogP contribution in [0.4, 0.5) is 0 Å². The Bertz CT molecular complexity index is 467. The second-order valence-electron chi connectivity index (χ2n) is 8.99. The average Bonchev–Trinajstić information content (AvgIpc) is 2.94. The molecule has 234 valence electrons. The zero-order valence-corrected chi connectivity index (χ0v) is 25.0. The fourth-order valence-corrected chi connectivity index (χ4v) is 3.26. The van der Waals surface area contributed by atoms with Crippen molar-refractivity contribution in [2.75, 3.05) is 112 Å². The summed E-state index contributed by atoms with van der Waals surface area (Å²) in [6.45, 7) is 13.3. The van der Waals surface area contributed by atoms with Crippen molar-refractivity contribution in [3.05, 3.63) is 0 Å². The predicted octanol–water partition coefficient (Wildman–Crippen LogP) is 4.21. The lowest BCUT2D eigenvalue weighted by molar-refractivity contribution is -0.145. The van der Waals surface area contributed by atoms with Crippen LogP contribution in [-0.4, -0.2) is 118 Å². The van der Waals surface area contributed by atoms with E-state index in [1.165, 1.54) is 25.7 Å². The quantitative estimate of drug-likeness (QED) is 0.0832. The van der Waals surface area contributed by atoms with Crippen LogP contribution in [0.25, 0.3) is 0 Å². The lowest BCUT2D eigenvalue weighted by Crippen LogP contribution is -2.15. The molecule has 0 saturated carbocycles. The molecule has 0 aliphatic heterocycles. The molecule has 0 atom stereocenters. The van der Waals surface area contributed by atoms with Crippen LogP contribution in [0.3, 0.4) is 0 Å². The Balaban J connectivity index is 3.06. The summed E-state index contributed by atoms with van der Waals surface area (Å²) in [4.78, 5) is 11.4. The van der Waals surface area contributed by atoms with Gasteiger partial charge in [-0.2, -0.15) is 0 Å². The Morgan fingerprint density at radius 3 is 1.05 bits per heavy atom. The van der Waals surface area contributed by atoms with Gasteiger partial charge in [0.15, 0.2) is 0 Å². The number of carbonyl (C=O) groups is 1. The molecule has 0 aromatic heterocycles. The van der Waals surface area contributed by atoms with Gasteiger partial charge in [0.05, 0.1) is 99.1 Å². The summed E-state index contributed by atoms with van der Waals surface area (Å²) in [6.07, 6.45) is 9.80. The van der Waals surface area contributed by atoms with E-state index >= 15 is 0 Å². The molecule has 0 unspecified atom stereocenters. The SMILES string of the molecule is CCCCCCCOCCOCCOCCOCCOCCOCCOCCOCCOC(=O)CCCCC. The van der Waals surface area contributed by atoms with Crippen LogP contribution in [0.5, 0.6) is 0 Å². The number of hydrogen-bond donors (Lipinski definition) is 0. The molecular weight excluding hydrogens is 508 g/mol. The van der Waals surface area contributed by atoms with Crippen LogP contribution < -0.4 is 0 Å². The number of rotatable bonds is 34. The lowest BCUT2D eigenvalue weighted by atomic mass is 10.2. The van der Waals surface area contributed by atoms with Crippen molar-refractivity contribution >= 4 is 5.97 Å². The van der Waals surface area contributed by atoms with E-state index in [2.05, 4.69) is 13.8 Å². The topological polar surface area (TPSA) is 100 Å². The summed E-state index contributed by atoms with van der Waals surface area (Å²) < 4.78 is 48.8. The minimum Gasteiger partial charge on any atom is -0.463 e. The normalized spacial score (nSPS) is 11.3. The third kappa shape index (κ3) is 35.1. The monoisotopic (exact) mass is 566 g/mol. The summed E-state index contributed by atoms with van der Waals surface area (Å²) in [5, 5.41) is 0. The summed E-state index contributed by atoms with van der Waals surface area (Å²) in [7, 11) is 0. The van der Waals surface area contributed by atoms with Gasteiger partial charge in [0.1, 0.15) is 6.61 Å². The summed E-state index contributed by atoms with van der Waals surface area (Å²) in [5.74, 6) is -0.153. The number of unbranched alkanes of at least 4 members (excludes halogenated alkanes) is 6. The molecule has 0 heterocycles. The van der Waals surface area contributed by atoms with E-state index in [0.29, 0.717) is 106 Å². The van der Waals surface area contributed by atoms with E-state index in [9.17, 15) is 4.79 Å². The van der Waals surface area contributed by atoms with Crippen LogP contribution in [0, 0.1) is 0 Å². The van der Waals surface area contributed by atoms with Crippen LogP contribution in [0.15, 0.2) is 0 Å². The number of ether oxygens (including phenoxy) is 9. The van der Waals surface area contributed by atoms with E-state index in [-0.39, 0.29) is 12.6 Å². The molecule has 0 radical (unpaired) electrons. The molecule has 0 aliphatic rings. The van der Waals surface area contributed by atoms with Crippen molar-refractivity contribution in [3.63, 3.8) is 0 Å². The maximum Gasteiger partial charge on any atom is 0.305 e. The summed E-state index contributed by atoms with van der Waals surface area (Å²) >= 11 is 0. The highest BCUT2D eigenvalue weighted by Gasteiger charge is 2.01. The first-order valence-electron chi connectivity index (χ1n) is 15.1. The fourth-order valence-electron chi connectivity index (χ4n) is 3.26. The molecule has 0 aromatic carbocycles. The molecular formula is C29H58O10. The molecule has 0 rings (SSSR count). The maximum atomic E-state index is 11.4. The van der Waals surface area contributed by atoms with Crippen LogP contribution in [0.1, 0.15) is 71.6 Å². The van der Waals surface area contributed by atoms with E-state index in [1.807, 2.05) is 0 Å². The molecule has 0 amide bonds. The molecule has 10 heteroatoms. The van der Waals surface area contributed by atoms with Crippen molar-refractivity contribution in [2.45, 2.75) is 71.6 Å². The third-order valence-electron chi connectivity index (χ3n) is 5.47. The molecule has 0 aliphatic carbocycles.